The molecule has 2 aromatic carbocycles. The van der Waals surface area contributed by atoms with E-state index in [9.17, 15) is 4.79 Å². The molecule has 2 atom stereocenters. The number of carbonyl (C=O) groups excluding carboxylic acids is 1. The van der Waals surface area contributed by atoms with Gasteiger partial charge in [-0.15, -0.1) is 0 Å². The van der Waals surface area contributed by atoms with Gasteiger partial charge in [-0.2, -0.15) is 0 Å². The Labute approximate surface area is 207 Å². The maximum Gasteiger partial charge on any atom is 0.254 e. The Balaban J connectivity index is 0.00000137. The summed E-state index contributed by atoms with van der Waals surface area (Å²) in [7, 11) is 0. The molecule has 0 radical (unpaired) electrons. The van der Waals surface area contributed by atoms with Crippen LogP contribution >= 0.6 is 0 Å². The molecule has 186 valence electrons. The molecule has 1 heterocycles. The van der Waals surface area contributed by atoms with Gasteiger partial charge in [0.15, 0.2) is 0 Å². The van der Waals surface area contributed by atoms with Crippen molar-refractivity contribution >= 4 is 16.7 Å². The van der Waals surface area contributed by atoms with Crippen molar-refractivity contribution in [2.24, 2.45) is 5.73 Å². The number of benzene rings is 2. The van der Waals surface area contributed by atoms with Crippen molar-refractivity contribution in [2.75, 3.05) is 26.2 Å². The highest BCUT2D eigenvalue weighted by Crippen LogP contribution is 2.22. The molecule has 2 aromatic rings. The molecular weight excluding hydrogens is 418 g/mol. The van der Waals surface area contributed by atoms with E-state index < -0.39 is 0 Å². The Kier molecular flexibility index (Phi) is 13.8. The van der Waals surface area contributed by atoms with E-state index in [1.807, 2.05) is 75.9 Å². The van der Waals surface area contributed by atoms with Crippen LogP contribution in [0.3, 0.4) is 0 Å². The summed E-state index contributed by atoms with van der Waals surface area (Å²) in [5.74, 6) is 0.119. The van der Waals surface area contributed by atoms with Crippen LogP contribution in [0.4, 0.5) is 0 Å². The van der Waals surface area contributed by atoms with Crippen LogP contribution in [0.1, 0.15) is 58.3 Å². The van der Waals surface area contributed by atoms with Gasteiger partial charge in [-0.3, -0.25) is 9.69 Å². The fraction of sp³-hybridized carbons (Fsp3) is 0.433. The monoisotopic (exact) mass is 463 g/mol. The first-order valence-corrected chi connectivity index (χ1v) is 12.7. The minimum atomic E-state index is 0.0634. The van der Waals surface area contributed by atoms with Crippen molar-refractivity contribution in [3.63, 3.8) is 0 Å². The van der Waals surface area contributed by atoms with Gasteiger partial charge in [-0.1, -0.05) is 101 Å². The van der Waals surface area contributed by atoms with Gasteiger partial charge in [0.2, 0.25) is 0 Å². The first kappa shape index (κ1) is 29.3. The molecule has 1 aliphatic rings. The van der Waals surface area contributed by atoms with Crippen LogP contribution < -0.4 is 5.73 Å². The minimum Gasteiger partial charge on any atom is -0.336 e. The van der Waals surface area contributed by atoms with Crippen molar-refractivity contribution < 1.29 is 4.79 Å². The van der Waals surface area contributed by atoms with Gasteiger partial charge in [-0.25, -0.2) is 0 Å². The number of amides is 1. The zero-order valence-electron chi connectivity index (χ0n) is 22.1. The molecule has 34 heavy (non-hydrogen) atoms. The van der Waals surface area contributed by atoms with E-state index in [1.165, 1.54) is 5.57 Å². The summed E-state index contributed by atoms with van der Waals surface area (Å²) in [5, 5.41) is 2.12. The van der Waals surface area contributed by atoms with Gasteiger partial charge in [0.25, 0.3) is 5.91 Å². The van der Waals surface area contributed by atoms with Crippen LogP contribution in [-0.4, -0.2) is 54.0 Å². The molecular formula is C30H45N3O. The first-order valence-electron chi connectivity index (χ1n) is 12.7. The average Bonchev–Trinajstić information content (AvgIpc) is 2.89. The topological polar surface area (TPSA) is 49.6 Å². The number of hydrogen-bond acceptors (Lipinski definition) is 3. The highest BCUT2D eigenvalue weighted by Gasteiger charge is 2.28. The Hall–Kier alpha value is -2.69. The number of allylic oxidation sites excluding steroid dienone is 4. The molecule has 0 saturated carbocycles. The molecule has 1 saturated heterocycles. The van der Waals surface area contributed by atoms with E-state index in [2.05, 4.69) is 42.7 Å². The molecule has 1 amide bonds. The Morgan fingerprint density at radius 3 is 2.44 bits per heavy atom. The predicted octanol–water partition coefficient (Wildman–Crippen LogP) is 6.44. The van der Waals surface area contributed by atoms with E-state index in [-0.39, 0.29) is 18.0 Å². The van der Waals surface area contributed by atoms with Crippen molar-refractivity contribution in [3.8, 4) is 0 Å². The van der Waals surface area contributed by atoms with E-state index in [0.29, 0.717) is 0 Å². The fourth-order valence-electron chi connectivity index (χ4n) is 4.18. The molecule has 4 nitrogen and oxygen atoms in total. The maximum atomic E-state index is 13.2. The third-order valence-corrected chi connectivity index (χ3v) is 5.86. The highest BCUT2D eigenvalue weighted by molar-refractivity contribution is 6.07. The third kappa shape index (κ3) is 8.27. The summed E-state index contributed by atoms with van der Waals surface area (Å²) >= 11 is 0. The van der Waals surface area contributed by atoms with Crippen LogP contribution in [0.25, 0.3) is 10.8 Å². The quantitative estimate of drug-likeness (QED) is 0.480. The van der Waals surface area contributed by atoms with Crippen LogP contribution in [0, 0.1) is 0 Å². The number of nitrogens with two attached hydrogens (primary N) is 1. The summed E-state index contributed by atoms with van der Waals surface area (Å²) in [6.45, 7) is 19.1. The fourth-order valence-corrected chi connectivity index (χ4v) is 4.18. The molecule has 0 aromatic heterocycles. The summed E-state index contributed by atoms with van der Waals surface area (Å²) < 4.78 is 0. The van der Waals surface area contributed by atoms with Crippen LogP contribution in [0.15, 0.2) is 78.9 Å². The average molecular weight is 464 g/mol. The van der Waals surface area contributed by atoms with E-state index in [1.54, 1.807) is 6.08 Å². The van der Waals surface area contributed by atoms with Gasteiger partial charge in [-0.05, 0) is 37.1 Å². The molecule has 1 unspecified atom stereocenters. The SMILES string of the molecule is C=C/C=C\C(=C/C)CC(N)CN1CCN(C(=O)c2cccc3ccccc23)C[C@@H]1C.CC.CC. The second-order valence-corrected chi connectivity index (χ2v) is 8.04. The van der Waals surface area contributed by atoms with Gasteiger partial charge < -0.3 is 10.6 Å². The van der Waals surface area contributed by atoms with E-state index in [0.717, 1.165) is 48.9 Å². The Morgan fingerprint density at radius 1 is 1.12 bits per heavy atom. The second kappa shape index (κ2) is 16.0. The van der Waals surface area contributed by atoms with Crippen molar-refractivity contribution in [3.05, 3.63) is 84.5 Å². The molecule has 0 aliphatic carbocycles. The number of piperazine rings is 1. The van der Waals surface area contributed by atoms with Crippen LogP contribution in [0.5, 0.6) is 0 Å². The standard InChI is InChI=1S/C26H33N3O.2C2H6/c1-4-6-10-21(5-2)17-23(27)19-28-15-16-29(18-20(28)3)26(30)25-14-9-12-22-11-7-8-13-24(22)25;2*1-2/h4-14,20,23H,1,15-19,27H2,2-3H3;2*1-2H3/b10-6-,21-5+;;/t20-,23?;;/m0../s1. The van der Waals surface area contributed by atoms with E-state index in [4.69, 9.17) is 5.73 Å². The Morgan fingerprint density at radius 2 is 1.79 bits per heavy atom. The lowest BCUT2D eigenvalue weighted by Crippen LogP contribution is -2.56. The van der Waals surface area contributed by atoms with E-state index >= 15 is 0 Å². The normalized spacial score (nSPS) is 17.4. The van der Waals surface area contributed by atoms with Gasteiger partial charge in [0.1, 0.15) is 0 Å². The van der Waals surface area contributed by atoms with Gasteiger partial charge in [0.05, 0.1) is 0 Å². The van der Waals surface area contributed by atoms with Gasteiger partial charge >= 0.3 is 0 Å². The Bertz CT molecular complexity index is 942. The second-order valence-electron chi connectivity index (χ2n) is 8.04. The van der Waals surface area contributed by atoms with Gasteiger partial charge in [0, 0.05) is 43.8 Å². The molecule has 1 aliphatic heterocycles. The lowest BCUT2D eigenvalue weighted by Gasteiger charge is -2.41. The summed E-state index contributed by atoms with van der Waals surface area (Å²) in [6, 6.07) is 14.4. The summed E-state index contributed by atoms with van der Waals surface area (Å²) in [6.07, 6.45) is 8.73. The molecule has 0 spiro atoms. The molecule has 4 heteroatoms. The van der Waals surface area contributed by atoms with Crippen molar-refractivity contribution in [1.29, 1.82) is 0 Å². The molecule has 2 N–H and O–H groups in total. The summed E-state index contributed by atoms with van der Waals surface area (Å²) in [4.78, 5) is 17.6. The smallest absolute Gasteiger partial charge is 0.254 e. The van der Waals surface area contributed by atoms with Crippen LogP contribution in [0.2, 0.25) is 0 Å². The van der Waals surface area contributed by atoms with Crippen LogP contribution in [-0.2, 0) is 0 Å². The number of carbonyl (C=O) groups is 1. The van der Waals surface area contributed by atoms with Crippen molar-refractivity contribution in [1.82, 2.24) is 9.80 Å². The third-order valence-electron chi connectivity index (χ3n) is 5.86. The number of fused-ring (bicyclic) bond motifs is 1. The highest BCUT2D eigenvalue weighted by atomic mass is 16.2. The molecule has 0 bridgehead atoms. The maximum absolute atomic E-state index is 13.2. The lowest BCUT2D eigenvalue weighted by molar-refractivity contribution is 0.0503. The number of nitrogens with zero attached hydrogens (tertiary/aromatic N) is 2. The lowest BCUT2D eigenvalue weighted by atomic mass is 10.0. The zero-order valence-corrected chi connectivity index (χ0v) is 22.1. The largest absolute Gasteiger partial charge is 0.336 e. The first-order chi connectivity index (χ1) is 16.5. The molecule has 1 fully saturated rings. The van der Waals surface area contributed by atoms with Crippen molar-refractivity contribution in [2.45, 2.75) is 60.0 Å². The number of rotatable bonds is 7. The minimum absolute atomic E-state index is 0.0634. The predicted molar refractivity (Wildman–Crippen MR) is 149 cm³/mol. The number of hydrogen-bond donors (Lipinski definition) is 1. The molecule has 3 rings (SSSR count). The zero-order chi connectivity index (χ0) is 25.5. The summed E-state index contributed by atoms with van der Waals surface area (Å²) in [5.41, 5.74) is 8.45.